The van der Waals surface area contributed by atoms with Crippen molar-refractivity contribution in [2.75, 3.05) is 12.0 Å². The minimum atomic E-state index is -0.604. The summed E-state index contributed by atoms with van der Waals surface area (Å²) in [6.07, 6.45) is 0. The number of benzene rings is 1. The van der Waals surface area contributed by atoms with Crippen LogP contribution < -0.4 is 16.6 Å². The third kappa shape index (κ3) is 5.78. The first-order chi connectivity index (χ1) is 10.5. The molecule has 0 aromatic heterocycles. The van der Waals surface area contributed by atoms with Crippen LogP contribution in [0.3, 0.4) is 0 Å². The van der Waals surface area contributed by atoms with E-state index in [4.69, 9.17) is 10.5 Å². The number of nitrogens with two attached hydrogens (primary N) is 1. The van der Waals surface area contributed by atoms with Crippen LogP contribution in [0, 0.1) is 0 Å². The Hall–Kier alpha value is -2.00. The molecule has 0 amide bonds. The Morgan fingerprint density at radius 2 is 2.09 bits per heavy atom. The monoisotopic (exact) mass is 385 g/mol. The van der Waals surface area contributed by atoms with E-state index in [2.05, 4.69) is 49.2 Å². The fraction of sp³-hybridized carbons (Fsp3) is 0.231. The second-order valence-corrected chi connectivity index (χ2v) is 5.24. The average molecular weight is 386 g/mol. The van der Waals surface area contributed by atoms with Crippen molar-refractivity contribution in [2.24, 2.45) is 15.9 Å². The Bertz CT molecular complexity index is 618. The summed E-state index contributed by atoms with van der Waals surface area (Å²) < 4.78 is 5.76. The summed E-state index contributed by atoms with van der Waals surface area (Å²) in [6.45, 7) is 3.52. The third-order valence-electron chi connectivity index (χ3n) is 2.31. The molecule has 4 N–H and O–H groups in total. The number of halogens is 1. The van der Waals surface area contributed by atoms with Crippen molar-refractivity contribution in [3.63, 3.8) is 0 Å². The van der Waals surface area contributed by atoms with Gasteiger partial charge in [0.05, 0.1) is 18.0 Å². The van der Waals surface area contributed by atoms with E-state index in [0.29, 0.717) is 5.69 Å². The summed E-state index contributed by atoms with van der Waals surface area (Å²) in [7, 11) is 0. The van der Waals surface area contributed by atoms with Gasteiger partial charge in [0.15, 0.2) is 10.8 Å². The molecule has 0 aliphatic rings. The smallest absolute Gasteiger partial charge is 0.360 e. The van der Waals surface area contributed by atoms with Gasteiger partial charge in [-0.1, -0.05) is 12.1 Å². The van der Waals surface area contributed by atoms with Gasteiger partial charge in [-0.2, -0.15) is 10.2 Å². The molecule has 22 heavy (non-hydrogen) atoms. The van der Waals surface area contributed by atoms with E-state index in [1.165, 1.54) is 0 Å². The second-order valence-electron chi connectivity index (χ2n) is 3.95. The minimum absolute atomic E-state index is 0.0127. The lowest BCUT2D eigenvalue weighted by atomic mass is 10.2. The molecule has 7 nitrogen and oxygen atoms in total. The van der Waals surface area contributed by atoms with Crippen LogP contribution >= 0.6 is 28.1 Å². The number of hydrazone groups is 2. The maximum Gasteiger partial charge on any atom is 0.360 e. The van der Waals surface area contributed by atoms with E-state index in [1.807, 2.05) is 18.2 Å². The van der Waals surface area contributed by atoms with Gasteiger partial charge in [0.1, 0.15) is 0 Å². The van der Waals surface area contributed by atoms with E-state index in [9.17, 15) is 4.79 Å². The molecule has 0 saturated carbocycles. The summed E-state index contributed by atoms with van der Waals surface area (Å²) in [5.41, 5.74) is 11.5. The van der Waals surface area contributed by atoms with Crippen molar-refractivity contribution in [3.05, 3.63) is 28.7 Å². The van der Waals surface area contributed by atoms with E-state index in [-0.39, 0.29) is 23.1 Å². The summed E-state index contributed by atoms with van der Waals surface area (Å²) in [4.78, 5) is 12.0. The number of hydrogen-bond donors (Lipinski definition) is 3. The van der Waals surface area contributed by atoms with Crippen LogP contribution in [0.5, 0.6) is 0 Å². The molecule has 0 spiro atoms. The number of ether oxygens (including phenoxy) is 1. The number of nitrogens with zero attached hydrogens (tertiary/aromatic N) is 2. The van der Waals surface area contributed by atoms with Crippen LogP contribution in [-0.2, 0) is 9.53 Å². The molecule has 0 saturated heterocycles. The molecule has 1 aromatic rings. The van der Waals surface area contributed by atoms with Crippen LogP contribution in [0.2, 0.25) is 0 Å². The molecule has 0 radical (unpaired) electrons. The lowest BCUT2D eigenvalue weighted by Crippen LogP contribution is -2.30. The van der Waals surface area contributed by atoms with Crippen LogP contribution in [0.1, 0.15) is 13.8 Å². The lowest BCUT2D eigenvalue weighted by Gasteiger charge is -2.08. The van der Waals surface area contributed by atoms with Gasteiger partial charge in [-0.15, -0.1) is 0 Å². The minimum Gasteiger partial charge on any atom is -0.461 e. The van der Waals surface area contributed by atoms with Gasteiger partial charge >= 0.3 is 5.97 Å². The van der Waals surface area contributed by atoms with Crippen molar-refractivity contribution < 1.29 is 9.53 Å². The Morgan fingerprint density at radius 1 is 1.41 bits per heavy atom. The van der Waals surface area contributed by atoms with Crippen LogP contribution in [0.4, 0.5) is 5.69 Å². The van der Waals surface area contributed by atoms with Crippen molar-refractivity contribution in [1.29, 1.82) is 0 Å². The predicted octanol–water partition coefficient (Wildman–Crippen LogP) is 1.99. The highest BCUT2D eigenvalue weighted by Gasteiger charge is 2.17. The highest BCUT2D eigenvalue weighted by molar-refractivity contribution is 9.10. The number of esters is 1. The topological polar surface area (TPSA) is 101 Å². The molecule has 0 unspecified atom stereocenters. The fourth-order valence-corrected chi connectivity index (χ4v) is 1.75. The number of carbonyl (C=O) groups is 1. The van der Waals surface area contributed by atoms with Gasteiger partial charge in [0, 0.05) is 4.47 Å². The highest BCUT2D eigenvalue weighted by Crippen LogP contribution is 2.21. The Morgan fingerprint density at radius 3 is 2.68 bits per heavy atom. The normalized spacial score (nSPS) is 11.8. The molecule has 118 valence electrons. The van der Waals surface area contributed by atoms with E-state index < -0.39 is 5.97 Å². The first kappa shape index (κ1) is 18.1. The standard InChI is InChI=1S/C13H16BrN5O2S/c1-3-21-12(20)11(8(2)16-19-13(15)22)18-17-10-7-5-4-6-9(10)14/h4-7,17H,3H2,1-2H3,(H3,15,19,22)/b16-8+,18-11-. The maximum absolute atomic E-state index is 12.0. The highest BCUT2D eigenvalue weighted by atomic mass is 79.9. The van der Waals surface area contributed by atoms with Gasteiger partial charge in [-0.25, -0.2) is 4.79 Å². The molecule has 1 rings (SSSR count). The molecule has 0 fully saturated rings. The lowest BCUT2D eigenvalue weighted by molar-refractivity contribution is -0.134. The molecule has 0 atom stereocenters. The predicted molar refractivity (Wildman–Crippen MR) is 94.9 cm³/mol. The molecular weight excluding hydrogens is 370 g/mol. The number of hydrogen-bond acceptors (Lipinski definition) is 6. The fourth-order valence-electron chi connectivity index (χ4n) is 1.33. The zero-order chi connectivity index (χ0) is 16.5. The first-order valence-electron chi connectivity index (χ1n) is 6.31. The third-order valence-corrected chi connectivity index (χ3v) is 3.09. The Balaban J connectivity index is 3.01. The number of nitrogens with one attached hydrogen (secondary N) is 2. The van der Waals surface area contributed by atoms with Crippen molar-refractivity contribution in [2.45, 2.75) is 13.8 Å². The summed E-state index contributed by atoms with van der Waals surface area (Å²) in [6, 6.07) is 7.35. The molecule has 0 aliphatic heterocycles. The molecule has 9 heteroatoms. The summed E-state index contributed by atoms with van der Waals surface area (Å²) >= 11 is 8.03. The summed E-state index contributed by atoms with van der Waals surface area (Å²) in [5.74, 6) is -0.604. The SMILES string of the molecule is CCOC(=O)C(=N\Nc1ccccc1Br)/C(C)=N/NC(N)=S. The van der Waals surface area contributed by atoms with E-state index in [1.54, 1.807) is 19.9 Å². The maximum atomic E-state index is 12.0. The van der Waals surface area contributed by atoms with Gasteiger partial charge < -0.3 is 10.5 Å². The largest absolute Gasteiger partial charge is 0.461 e. The number of rotatable bonds is 6. The molecular formula is C13H16BrN5O2S. The van der Waals surface area contributed by atoms with Crippen LogP contribution in [-0.4, -0.2) is 29.1 Å². The van der Waals surface area contributed by atoms with Gasteiger partial charge in [-0.05, 0) is 54.1 Å². The molecule has 0 aliphatic carbocycles. The van der Waals surface area contributed by atoms with Gasteiger partial charge in [0.2, 0.25) is 0 Å². The molecule has 1 aromatic carbocycles. The molecule has 0 heterocycles. The van der Waals surface area contributed by atoms with E-state index in [0.717, 1.165) is 4.47 Å². The number of para-hydroxylation sites is 1. The number of carbonyl (C=O) groups excluding carboxylic acids is 1. The second kappa shape index (κ2) is 9.11. The van der Waals surface area contributed by atoms with Crippen LogP contribution in [0.15, 0.2) is 38.9 Å². The zero-order valence-electron chi connectivity index (χ0n) is 12.1. The average Bonchev–Trinajstić information content (AvgIpc) is 2.47. The zero-order valence-corrected chi connectivity index (χ0v) is 14.5. The Labute approximate surface area is 142 Å². The molecule has 0 bridgehead atoms. The van der Waals surface area contributed by atoms with E-state index >= 15 is 0 Å². The van der Waals surface area contributed by atoms with Gasteiger partial charge in [0.25, 0.3) is 0 Å². The van der Waals surface area contributed by atoms with Crippen LogP contribution in [0.25, 0.3) is 0 Å². The quantitative estimate of drug-likeness (QED) is 0.299. The van der Waals surface area contributed by atoms with Crippen molar-refractivity contribution in [3.8, 4) is 0 Å². The first-order valence-corrected chi connectivity index (χ1v) is 7.51. The van der Waals surface area contributed by atoms with Crippen molar-refractivity contribution in [1.82, 2.24) is 5.43 Å². The summed E-state index contributed by atoms with van der Waals surface area (Å²) in [5, 5.41) is 7.92. The number of anilines is 1. The van der Waals surface area contributed by atoms with Gasteiger partial charge in [-0.3, -0.25) is 10.9 Å². The number of thiocarbonyl (C=S) groups is 1. The Kier molecular flexibility index (Phi) is 7.47. The van der Waals surface area contributed by atoms with Crippen molar-refractivity contribution >= 4 is 56.3 Å².